The maximum absolute atomic E-state index is 11.7. The molecule has 0 aromatic carbocycles. The van der Waals surface area contributed by atoms with E-state index < -0.39 is 11.4 Å². The van der Waals surface area contributed by atoms with Crippen LogP contribution in [0.3, 0.4) is 0 Å². The first kappa shape index (κ1) is 15.1. The number of aryl methyl sites for hydroxylation is 2. The van der Waals surface area contributed by atoms with Gasteiger partial charge in [-0.3, -0.25) is 0 Å². The highest BCUT2D eigenvalue weighted by molar-refractivity contribution is 5.97. The topological polar surface area (TPSA) is 90.4 Å². The molecule has 0 aliphatic heterocycles. The van der Waals surface area contributed by atoms with Gasteiger partial charge < -0.3 is 14.4 Å². The zero-order valence-corrected chi connectivity index (χ0v) is 13.0. The highest BCUT2D eigenvalue weighted by atomic mass is 16.5. The molecule has 2 rings (SSSR count). The molecular formula is C14H19N3O4. The van der Waals surface area contributed by atoms with Crippen molar-refractivity contribution in [2.24, 2.45) is 7.05 Å². The van der Waals surface area contributed by atoms with Gasteiger partial charge in [-0.2, -0.15) is 5.10 Å². The summed E-state index contributed by atoms with van der Waals surface area (Å²) in [5, 5.41) is 17.8. The normalized spacial score (nSPS) is 11.7. The van der Waals surface area contributed by atoms with Crippen LogP contribution in [0.5, 0.6) is 5.88 Å². The fourth-order valence-electron chi connectivity index (χ4n) is 2.31. The van der Waals surface area contributed by atoms with E-state index in [4.69, 9.17) is 9.26 Å². The number of aromatic carboxylic acids is 1. The minimum absolute atomic E-state index is 0.0527. The lowest BCUT2D eigenvalue weighted by atomic mass is 9.89. The van der Waals surface area contributed by atoms with Gasteiger partial charge in [0, 0.05) is 12.5 Å². The Labute approximate surface area is 122 Å². The second-order valence-corrected chi connectivity index (χ2v) is 5.88. The summed E-state index contributed by atoms with van der Waals surface area (Å²) < 4.78 is 12.2. The third-order valence-corrected chi connectivity index (χ3v) is 3.19. The smallest absolute Gasteiger partial charge is 0.341 e. The van der Waals surface area contributed by atoms with Gasteiger partial charge in [-0.1, -0.05) is 25.9 Å². The van der Waals surface area contributed by atoms with E-state index in [-0.39, 0.29) is 11.3 Å². The lowest BCUT2D eigenvalue weighted by Gasteiger charge is -2.14. The van der Waals surface area contributed by atoms with E-state index in [0.717, 1.165) is 0 Å². The first-order valence-corrected chi connectivity index (χ1v) is 6.49. The van der Waals surface area contributed by atoms with Crippen molar-refractivity contribution < 1.29 is 19.2 Å². The van der Waals surface area contributed by atoms with Gasteiger partial charge in [0.2, 0.25) is 5.88 Å². The summed E-state index contributed by atoms with van der Waals surface area (Å²) >= 11 is 0. The number of ether oxygens (including phenoxy) is 1. The molecule has 2 aromatic heterocycles. The summed E-state index contributed by atoms with van der Waals surface area (Å²) in [7, 11) is 3.23. The number of nitrogens with zero attached hydrogens (tertiary/aromatic N) is 3. The molecule has 21 heavy (non-hydrogen) atoms. The fraction of sp³-hybridized carbons (Fsp3) is 0.500. The maximum atomic E-state index is 11.7. The summed E-state index contributed by atoms with van der Waals surface area (Å²) in [5.41, 5.74) is 0.997. The molecule has 0 atom stereocenters. The first-order chi connectivity index (χ1) is 9.68. The van der Waals surface area contributed by atoms with E-state index in [1.165, 1.54) is 7.11 Å². The summed E-state index contributed by atoms with van der Waals surface area (Å²) in [6.07, 6.45) is 0. The van der Waals surface area contributed by atoms with Crippen LogP contribution >= 0.6 is 0 Å². The Bertz CT molecular complexity index is 692. The fourth-order valence-corrected chi connectivity index (χ4v) is 2.31. The Kier molecular flexibility index (Phi) is 3.52. The van der Waals surface area contributed by atoms with Gasteiger partial charge in [0.25, 0.3) is 0 Å². The Morgan fingerprint density at radius 3 is 2.48 bits per heavy atom. The summed E-state index contributed by atoms with van der Waals surface area (Å²) in [6.45, 7) is 7.39. The van der Waals surface area contributed by atoms with Crippen molar-refractivity contribution in [3.05, 3.63) is 17.0 Å². The second-order valence-electron chi connectivity index (χ2n) is 5.88. The van der Waals surface area contributed by atoms with Crippen LogP contribution in [0, 0.1) is 6.92 Å². The largest absolute Gasteiger partial charge is 0.481 e. The van der Waals surface area contributed by atoms with Crippen molar-refractivity contribution in [1.82, 2.24) is 14.9 Å². The van der Waals surface area contributed by atoms with Crippen molar-refractivity contribution in [2.45, 2.75) is 33.1 Å². The number of hydrogen-bond acceptors (Lipinski definition) is 5. The summed E-state index contributed by atoms with van der Waals surface area (Å²) in [5.74, 6) is -0.305. The van der Waals surface area contributed by atoms with Crippen LogP contribution in [-0.2, 0) is 12.5 Å². The molecule has 0 spiro atoms. The summed E-state index contributed by atoms with van der Waals surface area (Å²) in [4.78, 5) is 11.7. The highest BCUT2D eigenvalue weighted by Gasteiger charge is 2.34. The lowest BCUT2D eigenvalue weighted by molar-refractivity contribution is 0.0693. The van der Waals surface area contributed by atoms with Crippen LogP contribution in [-0.4, -0.2) is 33.1 Å². The van der Waals surface area contributed by atoms with E-state index in [1.807, 2.05) is 20.8 Å². The Morgan fingerprint density at radius 1 is 1.38 bits per heavy atom. The first-order valence-electron chi connectivity index (χ1n) is 6.49. The number of methoxy groups -OCH3 is 1. The van der Waals surface area contributed by atoms with Gasteiger partial charge in [0.15, 0.2) is 5.76 Å². The number of carboxylic acid groups (broad SMARTS) is 1. The van der Waals surface area contributed by atoms with Crippen molar-refractivity contribution >= 4 is 5.97 Å². The average molecular weight is 293 g/mol. The molecule has 7 heteroatoms. The van der Waals surface area contributed by atoms with Crippen molar-refractivity contribution in [1.29, 1.82) is 0 Å². The number of rotatable bonds is 3. The number of aromatic nitrogens is 3. The molecule has 7 nitrogen and oxygen atoms in total. The van der Waals surface area contributed by atoms with Crippen LogP contribution in [0.4, 0.5) is 0 Å². The van der Waals surface area contributed by atoms with Crippen molar-refractivity contribution in [3.63, 3.8) is 0 Å². The van der Waals surface area contributed by atoms with Gasteiger partial charge in [-0.25, -0.2) is 9.48 Å². The second kappa shape index (κ2) is 4.91. The predicted molar refractivity (Wildman–Crippen MR) is 75.7 cm³/mol. The van der Waals surface area contributed by atoms with E-state index in [0.29, 0.717) is 22.9 Å². The standard InChI is InChI=1S/C14H19N3O4/c1-7-8(12(20-6)17(5)15-7)10-9(13(18)19)11(21-16-10)14(2,3)4/h1-6H3,(H,18,19). The third kappa shape index (κ3) is 2.39. The Hall–Kier alpha value is -2.31. The molecular weight excluding hydrogens is 274 g/mol. The van der Waals surface area contributed by atoms with Gasteiger partial charge in [0.1, 0.15) is 11.3 Å². The monoisotopic (exact) mass is 293 g/mol. The van der Waals surface area contributed by atoms with E-state index in [1.54, 1.807) is 18.7 Å². The molecule has 0 aliphatic carbocycles. The quantitative estimate of drug-likeness (QED) is 0.934. The van der Waals surface area contributed by atoms with Gasteiger partial charge in [0.05, 0.1) is 18.4 Å². The van der Waals surface area contributed by atoms with Crippen molar-refractivity contribution in [3.8, 4) is 17.1 Å². The van der Waals surface area contributed by atoms with Gasteiger partial charge in [-0.15, -0.1) is 0 Å². The zero-order chi connectivity index (χ0) is 15.9. The van der Waals surface area contributed by atoms with E-state index in [2.05, 4.69) is 10.3 Å². The number of hydrogen-bond donors (Lipinski definition) is 1. The third-order valence-electron chi connectivity index (χ3n) is 3.19. The van der Waals surface area contributed by atoms with E-state index >= 15 is 0 Å². The maximum Gasteiger partial charge on any atom is 0.341 e. The van der Waals surface area contributed by atoms with Gasteiger partial charge in [-0.05, 0) is 6.92 Å². The number of carbonyl (C=O) groups is 1. The average Bonchev–Trinajstić information content (AvgIpc) is 2.88. The van der Waals surface area contributed by atoms with E-state index in [9.17, 15) is 9.90 Å². The highest BCUT2D eigenvalue weighted by Crippen LogP contribution is 2.38. The van der Waals surface area contributed by atoms with Gasteiger partial charge >= 0.3 is 5.97 Å². The lowest BCUT2D eigenvalue weighted by Crippen LogP contribution is -2.15. The molecule has 0 saturated heterocycles. The Morgan fingerprint density at radius 2 is 2.00 bits per heavy atom. The molecule has 0 bridgehead atoms. The van der Waals surface area contributed by atoms with Crippen LogP contribution in [0.25, 0.3) is 11.3 Å². The SMILES string of the molecule is COc1c(-c2noc(C(C)(C)C)c2C(=O)O)c(C)nn1C. The van der Waals surface area contributed by atoms with Crippen LogP contribution in [0.2, 0.25) is 0 Å². The Balaban J connectivity index is 2.77. The minimum Gasteiger partial charge on any atom is -0.481 e. The number of carboxylic acids is 1. The van der Waals surface area contributed by atoms with Crippen LogP contribution < -0.4 is 4.74 Å². The molecule has 114 valence electrons. The zero-order valence-electron chi connectivity index (χ0n) is 13.0. The van der Waals surface area contributed by atoms with Crippen LogP contribution in [0.1, 0.15) is 42.6 Å². The predicted octanol–water partition coefficient (Wildman–Crippen LogP) is 2.39. The minimum atomic E-state index is -1.08. The van der Waals surface area contributed by atoms with Crippen LogP contribution in [0.15, 0.2) is 4.52 Å². The molecule has 1 N–H and O–H groups in total. The molecule has 2 aromatic rings. The van der Waals surface area contributed by atoms with Crippen molar-refractivity contribution in [2.75, 3.05) is 7.11 Å². The molecule has 0 saturated carbocycles. The molecule has 0 radical (unpaired) electrons. The molecule has 0 unspecified atom stereocenters. The molecule has 2 heterocycles. The summed E-state index contributed by atoms with van der Waals surface area (Å²) in [6, 6.07) is 0. The molecule has 0 aliphatic rings. The molecule has 0 amide bonds. The molecule has 0 fully saturated rings.